The number of methoxy groups -OCH3 is 1. The van der Waals surface area contributed by atoms with Crippen LogP contribution in [0.5, 0.6) is 5.75 Å². The zero-order valence-corrected chi connectivity index (χ0v) is 15.4. The largest absolute Gasteiger partial charge is 0.497 e. The predicted molar refractivity (Wildman–Crippen MR) is 97.2 cm³/mol. The third-order valence-corrected chi connectivity index (χ3v) is 5.38. The Balaban J connectivity index is 1.65. The molecule has 1 aromatic carbocycles. The van der Waals surface area contributed by atoms with Crippen molar-refractivity contribution in [3.8, 4) is 5.75 Å². The number of rotatable bonds is 3. The zero-order valence-electron chi connectivity index (χ0n) is 15.4. The molecule has 27 heavy (non-hydrogen) atoms. The Hall–Kier alpha value is -2.87. The van der Waals surface area contributed by atoms with E-state index >= 15 is 0 Å². The molecular weight excluding hydrogens is 348 g/mol. The SMILES string of the molecule is COc1ccc2c(c1)C(C(=O)N1CCc3c(c(CO)nn3C)C1)CC(=O)N2. The molecule has 1 aromatic heterocycles. The Morgan fingerprint density at radius 2 is 2.26 bits per heavy atom. The van der Waals surface area contributed by atoms with Crippen molar-refractivity contribution in [2.45, 2.75) is 31.9 Å². The molecule has 0 radical (unpaired) electrons. The highest BCUT2D eigenvalue weighted by atomic mass is 16.5. The molecular formula is C19H22N4O4. The van der Waals surface area contributed by atoms with E-state index < -0.39 is 5.92 Å². The lowest BCUT2D eigenvalue weighted by atomic mass is 9.88. The summed E-state index contributed by atoms with van der Waals surface area (Å²) in [5.74, 6) is -0.142. The average Bonchev–Trinajstić information content (AvgIpc) is 3.01. The number of fused-ring (bicyclic) bond motifs is 2. The topological polar surface area (TPSA) is 96.7 Å². The molecule has 0 saturated heterocycles. The van der Waals surface area contributed by atoms with Gasteiger partial charge in [-0.25, -0.2) is 0 Å². The normalized spacial score (nSPS) is 18.6. The summed E-state index contributed by atoms with van der Waals surface area (Å²) < 4.78 is 7.06. The first-order chi connectivity index (χ1) is 13.0. The van der Waals surface area contributed by atoms with Crippen LogP contribution in [-0.4, -0.2) is 45.3 Å². The van der Waals surface area contributed by atoms with Gasteiger partial charge < -0.3 is 20.1 Å². The molecule has 0 saturated carbocycles. The molecule has 0 fully saturated rings. The smallest absolute Gasteiger partial charge is 0.231 e. The molecule has 2 aromatic rings. The number of hydrogen-bond acceptors (Lipinski definition) is 5. The number of anilines is 1. The third kappa shape index (κ3) is 2.95. The highest BCUT2D eigenvalue weighted by molar-refractivity contribution is 6.01. The average molecular weight is 370 g/mol. The number of carbonyl (C=O) groups is 2. The number of nitrogens with zero attached hydrogens (tertiary/aromatic N) is 3. The Kier molecular flexibility index (Phi) is 4.35. The summed E-state index contributed by atoms with van der Waals surface area (Å²) in [7, 11) is 3.43. The maximum atomic E-state index is 13.3. The monoisotopic (exact) mass is 370 g/mol. The lowest BCUT2D eigenvalue weighted by molar-refractivity contribution is -0.135. The van der Waals surface area contributed by atoms with Gasteiger partial charge in [0.25, 0.3) is 0 Å². The molecule has 4 rings (SSSR count). The summed E-state index contributed by atoms with van der Waals surface area (Å²) in [6.07, 6.45) is 0.788. The lowest BCUT2D eigenvalue weighted by Crippen LogP contribution is -2.41. The quantitative estimate of drug-likeness (QED) is 0.838. The minimum atomic E-state index is -0.542. The maximum Gasteiger partial charge on any atom is 0.231 e. The number of hydrogen-bond donors (Lipinski definition) is 2. The van der Waals surface area contributed by atoms with Gasteiger partial charge in [-0.1, -0.05) is 0 Å². The maximum absolute atomic E-state index is 13.3. The van der Waals surface area contributed by atoms with Gasteiger partial charge in [-0.2, -0.15) is 5.10 Å². The van der Waals surface area contributed by atoms with Crippen molar-refractivity contribution in [1.82, 2.24) is 14.7 Å². The highest BCUT2D eigenvalue weighted by Crippen LogP contribution is 2.37. The summed E-state index contributed by atoms with van der Waals surface area (Å²) >= 11 is 0. The number of benzene rings is 1. The van der Waals surface area contributed by atoms with Crippen molar-refractivity contribution in [3.63, 3.8) is 0 Å². The van der Waals surface area contributed by atoms with Gasteiger partial charge in [-0.15, -0.1) is 0 Å². The van der Waals surface area contributed by atoms with E-state index in [0.717, 1.165) is 16.8 Å². The fraction of sp³-hybridized carbons (Fsp3) is 0.421. The highest BCUT2D eigenvalue weighted by Gasteiger charge is 2.36. The minimum absolute atomic E-state index is 0.0854. The van der Waals surface area contributed by atoms with Crippen LogP contribution >= 0.6 is 0 Å². The van der Waals surface area contributed by atoms with Gasteiger partial charge in [0.15, 0.2) is 0 Å². The summed E-state index contributed by atoms with van der Waals surface area (Å²) in [4.78, 5) is 27.2. The second-order valence-electron chi connectivity index (χ2n) is 6.92. The molecule has 1 atom stereocenters. The van der Waals surface area contributed by atoms with Gasteiger partial charge in [0, 0.05) is 49.9 Å². The number of aliphatic hydroxyl groups is 1. The predicted octanol–water partition coefficient (Wildman–Crippen LogP) is 0.932. The van der Waals surface area contributed by atoms with Crippen LogP contribution in [-0.2, 0) is 36.2 Å². The van der Waals surface area contributed by atoms with Crippen LogP contribution in [0, 0.1) is 0 Å². The summed E-state index contributed by atoms with van der Waals surface area (Å²) in [6, 6.07) is 5.35. The van der Waals surface area contributed by atoms with E-state index in [1.165, 1.54) is 0 Å². The van der Waals surface area contributed by atoms with E-state index in [1.807, 2.05) is 13.1 Å². The fourth-order valence-electron chi connectivity index (χ4n) is 3.99. The fourth-order valence-corrected chi connectivity index (χ4v) is 3.99. The first-order valence-electron chi connectivity index (χ1n) is 8.93. The van der Waals surface area contributed by atoms with Gasteiger partial charge in [-0.05, 0) is 23.8 Å². The van der Waals surface area contributed by atoms with Gasteiger partial charge in [0.05, 0.1) is 25.3 Å². The molecule has 2 N–H and O–H groups in total. The molecule has 8 heteroatoms. The molecule has 0 spiro atoms. The van der Waals surface area contributed by atoms with Gasteiger partial charge in [-0.3, -0.25) is 14.3 Å². The van der Waals surface area contributed by atoms with Crippen molar-refractivity contribution >= 4 is 17.5 Å². The van der Waals surface area contributed by atoms with Gasteiger partial charge in [0.1, 0.15) is 5.75 Å². The number of aliphatic hydroxyl groups excluding tert-OH is 1. The van der Waals surface area contributed by atoms with Crippen LogP contribution < -0.4 is 10.1 Å². The number of amides is 2. The van der Waals surface area contributed by atoms with Crippen LogP contribution in [0.4, 0.5) is 5.69 Å². The first-order valence-corrected chi connectivity index (χ1v) is 8.93. The first kappa shape index (κ1) is 17.5. The van der Waals surface area contributed by atoms with Crippen molar-refractivity contribution < 1.29 is 19.4 Å². The minimum Gasteiger partial charge on any atom is -0.497 e. The van der Waals surface area contributed by atoms with E-state index in [2.05, 4.69) is 10.4 Å². The van der Waals surface area contributed by atoms with Crippen molar-refractivity contribution in [1.29, 1.82) is 0 Å². The number of ether oxygens (including phenoxy) is 1. The molecule has 0 aliphatic carbocycles. The molecule has 142 valence electrons. The molecule has 3 heterocycles. The van der Waals surface area contributed by atoms with Crippen LogP contribution in [0.3, 0.4) is 0 Å². The number of aryl methyl sites for hydroxylation is 1. The van der Waals surface area contributed by atoms with E-state index in [0.29, 0.717) is 36.6 Å². The number of nitrogens with one attached hydrogen (secondary N) is 1. The van der Waals surface area contributed by atoms with Gasteiger partial charge in [0.2, 0.25) is 11.8 Å². The Morgan fingerprint density at radius 1 is 1.44 bits per heavy atom. The van der Waals surface area contributed by atoms with E-state index in [-0.39, 0.29) is 24.8 Å². The Labute approximate surface area is 156 Å². The van der Waals surface area contributed by atoms with Crippen LogP contribution in [0.25, 0.3) is 0 Å². The molecule has 2 aliphatic heterocycles. The second-order valence-corrected chi connectivity index (χ2v) is 6.92. The molecule has 0 bridgehead atoms. The van der Waals surface area contributed by atoms with E-state index in [1.54, 1.807) is 28.8 Å². The van der Waals surface area contributed by atoms with E-state index in [9.17, 15) is 14.7 Å². The molecule has 2 aliphatic rings. The van der Waals surface area contributed by atoms with Crippen LogP contribution in [0.15, 0.2) is 18.2 Å². The zero-order chi connectivity index (χ0) is 19.1. The Bertz CT molecular complexity index is 921. The number of aromatic nitrogens is 2. The molecule has 8 nitrogen and oxygen atoms in total. The molecule has 1 unspecified atom stereocenters. The van der Waals surface area contributed by atoms with Crippen molar-refractivity contribution in [2.75, 3.05) is 19.0 Å². The van der Waals surface area contributed by atoms with E-state index in [4.69, 9.17) is 4.74 Å². The standard InChI is InChI=1S/C19H22N4O4/c1-22-17-5-6-23(9-14(17)16(10-24)21-22)19(26)13-8-18(25)20-15-4-3-11(27-2)7-12(13)15/h3-4,7,13,24H,5-6,8-10H2,1-2H3,(H,20,25). The summed E-state index contributed by atoms with van der Waals surface area (Å²) in [6.45, 7) is 0.806. The molecule has 2 amide bonds. The van der Waals surface area contributed by atoms with Crippen LogP contribution in [0.2, 0.25) is 0 Å². The second kappa shape index (κ2) is 6.70. The third-order valence-electron chi connectivity index (χ3n) is 5.38. The Morgan fingerprint density at radius 3 is 3.00 bits per heavy atom. The lowest BCUT2D eigenvalue weighted by Gasteiger charge is -2.33. The summed E-state index contributed by atoms with van der Waals surface area (Å²) in [5.41, 5.74) is 3.99. The van der Waals surface area contributed by atoms with Crippen molar-refractivity contribution in [2.24, 2.45) is 7.05 Å². The number of carbonyl (C=O) groups excluding carboxylic acids is 2. The van der Waals surface area contributed by atoms with Gasteiger partial charge >= 0.3 is 0 Å². The van der Waals surface area contributed by atoms with Crippen LogP contribution in [0.1, 0.15) is 34.9 Å². The summed E-state index contributed by atoms with van der Waals surface area (Å²) in [5, 5.41) is 16.7. The van der Waals surface area contributed by atoms with Crippen molar-refractivity contribution in [3.05, 3.63) is 40.7 Å².